The number of hydrogen-bond acceptors (Lipinski definition) is 15. The molecule has 6 aromatic rings. The maximum atomic E-state index is 14.2. The van der Waals surface area contributed by atoms with Crippen molar-refractivity contribution in [1.29, 1.82) is 0 Å². The molecule has 4 aromatic carbocycles. The van der Waals surface area contributed by atoms with Crippen molar-refractivity contribution in [1.82, 2.24) is 14.0 Å². The molecule has 1 fully saturated rings. The largest absolute Gasteiger partial charge is 0.756 e. The highest BCUT2D eigenvalue weighted by Gasteiger charge is 2.52. The Morgan fingerprint density at radius 3 is 2.05 bits per heavy atom. The molecule has 2 aromatic heterocycles. The summed E-state index contributed by atoms with van der Waals surface area (Å²) in [5.74, 6) is 0. The number of hydrogen-bond donors (Lipinski definition) is 3. The molecule has 2 amide bonds. The monoisotopic (exact) mass is 858 g/mol. The Hall–Kier alpha value is -6.14. The van der Waals surface area contributed by atoms with Crippen LogP contribution in [0, 0.1) is 6.92 Å². The number of anilines is 3. The summed E-state index contributed by atoms with van der Waals surface area (Å²) in [6.07, 6.45) is -6.74. The number of nitrogens with zero attached hydrogens (tertiary/aromatic N) is 3. The summed E-state index contributed by atoms with van der Waals surface area (Å²) in [7, 11) is -10.6. The number of amides is 2. The van der Waals surface area contributed by atoms with Crippen molar-refractivity contribution in [3.63, 3.8) is 0 Å². The molecular weight excluding hydrogens is 822 g/mol. The van der Waals surface area contributed by atoms with Gasteiger partial charge in [-0.15, -0.1) is 0 Å². The van der Waals surface area contributed by atoms with Gasteiger partial charge in [0.05, 0.1) is 18.5 Å². The Morgan fingerprint density at radius 2 is 1.45 bits per heavy atom. The number of nitrogens with two attached hydrogens (primary N) is 1. The number of nitrogen functional groups attached to an aromatic ring is 1. The van der Waals surface area contributed by atoms with Crippen LogP contribution in [0.25, 0.3) is 16.9 Å². The summed E-state index contributed by atoms with van der Waals surface area (Å²) in [6, 6.07) is 30.9. The molecule has 312 valence electrons. The number of rotatable bonds is 14. The van der Waals surface area contributed by atoms with Gasteiger partial charge in [-0.1, -0.05) is 78.4 Å². The summed E-state index contributed by atoms with van der Waals surface area (Å²) >= 11 is 0. The summed E-state index contributed by atoms with van der Waals surface area (Å²) in [6.45, 7) is 0.888. The van der Waals surface area contributed by atoms with Crippen molar-refractivity contribution in [3.8, 4) is 11.3 Å². The van der Waals surface area contributed by atoms with Crippen molar-refractivity contribution in [3.05, 3.63) is 149 Å². The quantitative estimate of drug-likeness (QED) is 0.0538. The van der Waals surface area contributed by atoms with Gasteiger partial charge in [0.15, 0.2) is 18.4 Å². The van der Waals surface area contributed by atoms with E-state index in [0.29, 0.717) is 22.8 Å². The number of benzene rings is 4. The Bertz CT molecular complexity index is 2610. The first-order valence-corrected chi connectivity index (χ1v) is 21.3. The number of para-hydroxylation sites is 2. The number of aromatic nitrogens is 3. The van der Waals surface area contributed by atoms with Gasteiger partial charge in [0.25, 0.3) is 7.82 Å². The van der Waals surface area contributed by atoms with Crippen molar-refractivity contribution in [2.75, 3.05) is 23.0 Å². The maximum Gasteiger partial charge on any atom is 0.412 e. The summed E-state index contributed by atoms with van der Waals surface area (Å²) < 4.78 is 59.9. The standard InChI is InChI=1S/C39H38N6O13P2/c1-25-12-16-27(17-13-25)31-22-45-33(43-31)20-21-44(39(45)48)36-35(56-38(47)42-30-10-6-3-7-11-30)34(55-37(46)41-29-8-4-2-5-9-29)32(54-36)23-53-60(51,52)58-59(50,57-49)24-26-14-18-28(40)19-15-26/h2-22,32,34-36,49H,23-24,40H2,1H3,(H,41,46)(H,42,47)(H,51,52)/p-2/t32-,34?,35+,36-,59?/m1/s1. The lowest BCUT2D eigenvalue weighted by Crippen LogP contribution is -2.43. The molecular formula is C39H36N6O13P2-2. The lowest BCUT2D eigenvalue weighted by Gasteiger charge is -2.30. The zero-order chi connectivity index (χ0) is 42.4. The van der Waals surface area contributed by atoms with Crippen LogP contribution in [0.15, 0.2) is 132 Å². The minimum absolute atomic E-state index is 0.198. The molecule has 0 bridgehead atoms. The van der Waals surface area contributed by atoms with Crippen LogP contribution in [0.2, 0.25) is 0 Å². The second kappa shape index (κ2) is 18.0. The van der Waals surface area contributed by atoms with E-state index in [4.69, 9.17) is 24.5 Å². The van der Waals surface area contributed by atoms with Gasteiger partial charge in [-0.3, -0.25) is 28.7 Å². The third-order valence-corrected chi connectivity index (χ3v) is 12.3. The van der Waals surface area contributed by atoms with Gasteiger partial charge in [-0.25, -0.2) is 23.7 Å². The molecule has 1 saturated heterocycles. The number of nitrogens with one attached hydrogen (secondary N) is 2. The molecule has 7 rings (SSSR count). The second-order valence-corrected chi connectivity index (χ2v) is 16.9. The van der Waals surface area contributed by atoms with E-state index >= 15 is 0 Å². The average Bonchev–Trinajstić information content (AvgIpc) is 3.81. The molecule has 6 atom stereocenters. The van der Waals surface area contributed by atoms with Crippen molar-refractivity contribution >= 4 is 50.3 Å². The van der Waals surface area contributed by atoms with Gasteiger partial charge in [0, 0.05) is 35.0 Å². The van der Waals surface area contributed by atoms with Gasteiger partial charge >= 0.3 is 25.5 Å². The summed E-state index contributed by atoms with van der Waals surface area (Å²) in [5.41, 5.74) is 8.59. The highest BCUT2D eigenvalue weighted by Crippen LogP contribution is 2.61. The molecule has 0 radical (unpaired) electrons. The minimum Gasteiger partial charge on any atom is -0.756 e. The first-order valence-electron chi connectivity index (χ1n) is 18.1. The van der Waals surface area contributed by atoms with E-state index in [9.17, 15) is 33.7 Å². The molecule has 0 saturated carbocycles. The first-order chi connectivity index (χ1) is 28.8. The van der Waals surface area contributed by atoms with Crippen molar-refractivity contribution < 1.29 is 56.6 Å². The van der Waals surface area contributed by atoms with Crippen LogP contribution >= 0.6 is 15.4 Å². The predicted octanol–water partition coefficient (Wildman–Crippen LogP) is 5.37. The highest BCUT2D eigenvalue weighted by atomic mass is 31.3. The lowest BCUT2D eigenvalue weighted by atomic mass is 10.1. The van der Waals surface area contributed by atoms with E-state index in [1.807, 2.05) is 31.2 Å². The molecule has 60 heavy (non-hydrogen) atoms. The number of phosphoric ester groups is 1. The van der Waals surface area contributed by atoms with Gasteiger partial charge in [-0.05, 0) is 55.0 Å². The molecule has 4 N–H and O–H groups in total. The maximum absolute atomic E-state index is 14.2. The van der Waals surface area contributed by atoms with Gasteiger partial charge in [0.2, 0.25) is 0 Å². The number of aryl methyl sites for hydroxylation is 1. The van der Waals surface area contributed by atoms with Crippen LogP contribution in [-0.4, -0.2) is 51.1 Å². The third-order valence-electron chi connectivity index (χ3n) is 9.07. The average molecular weight is 859 g/mol. The van der Waals surface area contributed by atoms with Crippen molar-refractivity contribution in [2.45, 2.75) is 37.6 Å². The zero-order valence-electron chi connectivity index (χ0n) is 31.5. The summed E-state index contributed by atoms with van der Waals surface area (Å²) in [5, 5.41) is 16.6. The Labute approximate surface area is 341 Å². The number of fused-ring (bicyclic) bond motifs is 1. The Morgan fingerprint density at radius 1 is 0.850 bits per heavy atom. The fraction of sp³-hybridized carbons (Fsp3) is 0.179. The molecule has 0 aliphatic carbocycles. The van der Waals surface area contributed by atoms with E-state index in [-0.39, 0.29) is 11.2 Å². The van der Waals surface area contributed by atoms with E-state index in [0.717, 1.165) is 15.7 Å². The van der Waals surface area contributed by atoms with Crippen LogP contribution in [-0.2, 0) is 43.0 Å². The van der Waals surface area contributed by atoms with Crippen LogP contribution in [0.3, 0.4) is 0 Å². The second-order valence-electron chi connectivity index (χ2n) is 13.4. The smallest absolute Gasteiger partial charge is 0.412 e. The molecule has 21 heteroatoms. The number of imidazole rings is 1. The number of carbonyl (C=O) groups is 2. The number of phosphoric acid groups is 1. The third kappa shape index (κ3) is 10.2. The molecule has 3 unspecified atom stereocenters. The SMILES string of the molecule is Cc1ccc(-c2cn3c(=O)n([C@@H]4O[C@H](COP(=O)([O-])OP(=O)(Cc5ccc(N)cc5)O[O-])C(OC(=O)Nc5ccccc5)[C@@H]4OC(=O)Nc4ccccc4)ccc3n2)cc1. The Balaban J connectivity index is 1.22. The van der Waals surface area contributed by atoms with Gasteiger partial charge in [-0.2, -0.15) is 0 Å². The number of carbonyl (C=O) groups excluding carboxylic acids is 2. The molecule has 19 nitrogen and oxygen atoms in total. The van der Waals surface area contributed by atoms with E-state index in [2.05, 4.69) is 24.6 Å². The van der Waals surface area contributed by atoms with E-state index in [1.54, 1.807) is 60.7 Å². The molecule has 3 heterocycles. The van der Waals surface area contributed by atoms with Crippen LogP contribution < -0.4 is 32.2 Å². The summed E-state index contributed by atoms with van der Waals surface area (Å²) in [4.78, 5) is 58.8. The normalized spacial score (nSPS) is 19.5. The fourth-order valence-corrected chi connectivity index (χ4v) is 9.02. The fourth-order valence-electron chi connectivity index (χ4n) is 6.23. The van der Waals surface area contributed by atoms with Crippen molar-refractivity contribution in [2.24, 2.45) is 0 Å². The molecule has 1 aliphatic heterocycles. The predicted molar refractivity (Wildman–Crippen MR) is 212 cm³/mol. The minimum atomic E-state index is -5.70. The highest BCUT2D eigenvalue weighted by molar-refractivity contribution is 7.63. The van der Waals surface area contributed by atoms with Gasteiger partial charge < -0.3 is 39.3 Å². The van der Waals surface area contributed by atoms with E-state index < -0.39 is 70.6 Å². The Kier molecular flexibility index (Phi) is 12.6. The van der Waals surface area contributed by atoms with Crippen LogP contribution in [0.1, 0.15) is 17.4 Å². The van der Waals surface area contributed by atoms with E-state index in [1.165, 1.54) is 47.1 Å². The molecule has 0 spiro atoms. The zero-order valence-corrected chi connectivity index (χ0v) is 33.3. The van der Waals surface area contributed by atoms with Gasteiger partial charge in [0.1, 0.15) is 11.8 Å². The molecule has 1 aliphatic rings. The topological polar surface area (TPSA) is 259 Å². The first kappa shape index (κ1) is 42.0. The number of ether oxygens (including phenoxy) is 3. The van der Waals surface area contributed by atoms with Crippen LogP contribution in [0.5, 0.6) is 0 Å². The lowest BCUT2D eigenvalue weighted by molar-refractivity contribution is -0.640. The van der Waals surface area contributed by atoms with Crippen LogP contribution in [0.4, 0.5) is 26.7 Å².